The van der Waals surface area contributed by atoms with E-state index in [1.54, 1.807) is 12.1 Å². The van der Waals surface area contributed by atoms with E-state index in [9.17, 15) is 4.79 Å². The van der Waals surface area contributed by atoms with Gasteiger partial charge in [0.1, 0.15) is 10.8 Å². The molecule has 1 N–H and O–H groups in total. The number of unbranched alkanes of at least 4 members (excludes halogenated alkanes) is 1. The maximum atomic E-state index is 11.8. The van der Waals surface area contributed by atoms with Crippen LogP contribution in [0.1, 0.15) is 37.2 Å². The van der Waals surface area contributed by atoms with Gasteiger partial charge in [0, 0.05) is 13.2 Å². The molecule has 1 rings (SSSR count). The van der Waals surface area contributed by atoms with Crippen LogP contribution in [0.2, 0.25) is 10.2 Å². The van der Waals surface area contributed by atoms with Crippen LogP contribution in [0, 0.1) is 0 Å². The van der Waals surface area contributed by atoms with Crippen molar-refractivity contribution in [2.24, 2.45) is 0 Å². The largest absolute Gasteiger partial charge is 0.379 e. The number of nitrogens with zero attached hydrogens (tertiary/aromatic N) is 1. The molecular weight excluding hydrogens is 287 g/mol. The lowest BCUT2D eigenvalue weighted by molar-refractivity contribution is 0.0754. The molecule has 0 aliphatic carbocycles. The van der Waals surface area contributed by atoms with Gasteiger partial charge < -0.3 is 10.1 Å². The van der Waals surface area contributed by atoms with Crippen molar-refractivity contribution in [2.75, 3.05) is 13.2 Å². The highest BCUT2D eigenvalue weighted by molar-refractivity contribution is 6.34. The zero-order valence-electron chi connectivity index (χ0n) is 11.1. The van der Waals surface area contributed by atoms with E-state index in [1.807, 2.05) is 13.8 Å². The maximum Gasteiger partial charge on any atom is 0.271 e. The minimum atomic E-state index is -0.308. The number of nitrogens with one attached hydrogen (secondary N) is 1. The van der Waals surface area contributed by atoms with Crippen LogP contribution in [0.5, 0.6) is 0 Å². The molecule has 4 nitrogen and oxygen atoms in total. The molecule has 0 saturated heterocycles. The number of hydrogen-bond donors (Lipinski definition) is 1. The van der Waals surface area contributed by atoms with E-state index in [0.717, 1.165) is 12.8 Å². The molecule has 106 valence electrons. The number of amides is 1. The van der Waals surface area contributed by atoms with Gasteiger partial charge in [0.2, 0.25) is 0 Å². The standard InChI is InChI=1S/C13H18Cl2N2O2/c1-9(2)19-8-4-3-7-16-13(18)12-10(14)5-6-11(15)17-12/h5-6,9H,3-4,7-8H2,1-2H3,(H,16,18). The Bertz CT molecular complexity index is 425. The normalized spacial score (nSPS) is 10.8. The smallest absolute Gasteiger partial charge is 0.271 e. The van der Waals surface area contributed by atoms with Crippen LogP contribution in [0.3, 0.4) is 0 Å². The minimum Gasteiger partial charge on any atom is -0.379 e. The van der Waals surface area contributed by atoms with Crippen molar-refractivity contribution < 1.29 is 9.53 Å². The first-order chi connectivity index (χ1) is 9.00. The van der Waals surface area contributed by atoms with Crippen molar-refractivity contribution >= 4 is 29.1 Å². The Morgan fingerprint density at radius 3 is 2.79 bits per heavy atom. The second-order valence-electron chi connectivity index (χ2n) is 4.35. The van der Waals surface area contributed by atoms with Crippen molar-refractivity contribution in [1.82, 2.24) is 10.3 Å². The number of hydrogen-bond acceptors (Lipinski definition) is 3. The molecule has 1 aromatic heterocycles. The molecule has 0 saturated carbocycles. The molecule has 0 unspecified atom stereocenters. The molecule has 0 fully saturated rings. The van der Waals surface area contributed by atoms with Crippen LogP contribution in [0.25, 0.3) is 0 Å². The van der Waals surface area contributed by atoms with Gasteiger partial charge in [-0.05, 0) is 38.8 Å². The summed E-state index contributed by atoms with van der Waals surface area (Å²) in [6.07, 6.45) is 1.98. The summed E-state index contributed by atoms with van der Waals surface area (Å²) in [5.41, 5.74) is 0.160. The number of ether oxygens (including phenoxy) is 1. The summed E-state index contributed by atoms with van der Waals surface area (Å²) >= 11 is 11.6. The third kappa shape index (κ3) is 6.23. The molecule has 0 atom stereocenters. The Balaban J connectivity index is 2.29. The van der Waals surface area contributed by atoms with Crippen LogP contribution < -0.4 is 5.32 Å². The van der Waals surface area contributed by atoms with Crippen LogP contribution in [-0.2, 0) is 4.74 Å². The van der Waals surface area contributed by atoms with E-state index < -0.39 is 0 Å². The van der Waals surface area contributed by atoms with Gasteiger partial charge in [-0.1, -0.05) is 23.2 Å². The molecule has 1 amide bonds. The molecule has 0 spiro atoms. The molecule has 0 bridgehead atoms. The average Bonchev–Trinajstić information content (AvgIpc) is 2.36. The first kappa shape index (κ1) is 16.2. The number of pyridine rings is 1. The van der Waals surface area contributed by atoms with E-state index in [-0.39, 0.29) is 22.9 Å². The number of halogens is 2. The van der Waals surface area contributed by atoms with Gasteiger partial charge in [-0.2, -0.15) is 0 Å². The summed E-state index contributed by atoms with van der Waals surface area (Å²) < 4.78 is 5.40. The van der Waals surface area contributed by atoms with E-state index in [0.29, 0.717) is 18.2 Å². The average molecular weight is 305 g/mol. The van der Waals surface area contributed by atoms with Crippen molar-refractivity contribution in [2.45, 2.75) is 32.8 Å². The molecule has 6 heteroatoms. The van der Waals surface area contributed by atoms with Crippen molar-refractivity contribution in [3.05, 3.63) is 28.0 Å². The Morgan fingerprint density at radius 1 is 1.37 bits per heavy atom. The van der Waals surface area contributed by atoms with Crippen LogP contribution in [0.15, 0.2) is 12.1 Å². The lowest BCUT2D eigenvalue weighted by atomic mass is 10.3. The highest BCUT2D eigenvalue weighted by Gasteiger charge is 2.12. The second-order valence-corrected chi connectivity index (χ2v) is 5.14. The van der Waals surface area contributed by atoms with E-state index >= 15 is 0 Å². The zero-order valence-corrected chi connectivity index (χ0v) is 12.6. The highest BCUT2D eigenvalue weighted by atomic mass is 35.5. The number of carbonyl (C=O) groups is 1. The van der Waals surface area contributed by atoms with Gasteiger partial charge in [0.15, 0.2) is 0 Å². The molecule has 0 aromatic carbocycles. The molecular formula is C13H18Cl2N2O2. The topological polar surface area (TPSA) is 51.2 Å². The van der Waals surface area contributed by atoms with Crippen LogP contribution in [0.4, 0.5) is 0 Å². The SMILES string of the molecule is CC(C)OCCCCNC(=O)c1nc(Cl)ccc1Cl. The fourth-order valence-corrected chi connectivity index (χ4v) is 1.75. The van der Waals surface area contributed by atoms with Gasteiger partial charge in [0.25, 0.3) is 5.91 Å². The zero-order chi connectivity index (χ0) is 14.3. The van der Waals surface area contributed by atoms with Gasteiger partial charge in [-0.15, -0.1) is 0 Å². The fraction of sp³-hybridized carbons (Fsp3) is 0.538. The van der Waals surface area contributed by atoms with Gasteiger partial charge >= 0.3 is 0 Å². The molecule has 1 heterocycles. The second kappa shape index (κ2) is 8.35. The lowest BCUT2D eigenvalue weighted by Gasteiger charge is -2.08. The predicted molar refractivity (Wildman–Crippen MR) is 76.9 cm³/mol. The molecule has 0 radical (unpaired) electrons. The summed E-state index contributed by atoms with van der Waals surface area (Å²) in [4.78, 5) is 15.7. The summed E-state index contributed by atoms with van der Waals surface area (Å²) in [5.74, 6) is -0.308. The Morgan fingerprint density at radius 2 is 2.11 bits per heavy atom. The van der Waals surface area contributed by atoms with Gasteiger partial charge in [-0.3, -0.25) is 4.79 Å². The third-order valence-electron chi connectivity index (χ3n) is 2.33. The summed E-state index contributed by atoms with van der Waals surface area (Å²) in [6, 6.07) is 3.10. The first-order valence-electron chi connectivity index (χ1n) is 6.22. The Hall–Kier alpha value is -0.840. The quantitative estimate of drug-likeness (QED) is 0.621. The van der Waals surface area contributed by atoms with Crippen LogP contribution in [-0.4, -0.2) is 30.1 Å². The summed E-state index contributed by atoms with van der Waals surface area (Å²) in [7, 11) is 0. The van der Waals surface area contributed by atoms with Crippen molar-refractivity contribution in [1.29, 1.82) is 0 Å². The molecule has 19 heavy (non-hydrogen) atoms. The van der Waals surface area contributed by atoms with E-state index in [4.69, 9.17) is 27.9 Å². The predicted octanol–water partition coefficient (Wildman–Crippen LogP) is 3.32. The number of aromatic nitrogens is 1. The number of rotatable bonds is 7. The van der Waals surface area contributed by atoms with Crippen molar-refractivity contribution in [3.63, 3.8) is 0 Å². The fourth-order valence-electron chi connectivity index (χ4n) is 1.41. The molecule has 0 aliphatic rings. The minimum absolute atomic E-state index is 0.160. The van der Waals surface area contributed by atoms with Crippen LogP contribution >= 0.6 is 23.2 Å². The summed E-state index contributed by atoms with van der Waals surface area (Å²) in [6.45, 7) is 5.25. The third-order valence-corrected chi connectivity index (χ3v) is 2.85. The van der Waals surface area contributed by atoms with Gasteiger partial charge in [-0.25, -0.2) is 4.98 Å². The summed E-state index contributed by atoms with van der Waals surface area (Å²) in [5, 5.41) is 3.30. The Kier molecular flexibility index (Phi) is 7.13. The lowest BCUT2D eigenvalue weighted by Crippen LogP contribution is -2.26. The maximum absolute atomic E-state index is 11.8. The van der Waals surface area contributed by atoms with Gasteiger partial charge in [0.05, 0.1) is 11.1 Å². The monoisotopic (exact) mass is 304 g/mol. The van der Waals surface area contributed by atoms with E-state index in [2.05, 4.69) is 10.3 Å². The van der Waals surface area contributed by atoms with E-state index in [1.165, 1.54) is 0 Å². The molecule has 0 aliphatic heterocycles. The Labute approximate surface area is 123 Å². The molecule has 1 aromatic rings. The number of carbonyl (C=O) groups excluding carboxylic acids is 1. The first-order valence-corrected chi connectivity index (χ1v) is 6.98. The highest BCUT2D eigenvalue weighted by Crippen LogP contribution is 2.16. The van der Waals surface area contributed by atoms with Crippen molar-refractivity contribution in [3.8, 4) is 0 Å².